The largest absolute Gasteiger partial charge is 0.398 e. The number of nitrogens with zero attached hydrogens (tertiary/aromatic N) is 1. The van der Waals surface area contributed by atoms with Gasteiger partial charge in [0.25, 0.3) is 0 Å². The van der Waals surface area contributed by atoms with Gasteiger partial charge in [0.15, 0.2) is 0 Å². The highest BCUT2D eigenvalue weighted by Crippen LogP contribution is 2.30. The molecule has 0 radical (unpaired) electrons. The number of nitrogens with two attached hydrogens (primary N) is 1. The van der Waals surface area contributed by atoms with Crippen molar-refractivity contribution in [3.05, 3.63) is 53.1 Å². The lowest BCUT2D eigenvalue weighted by atomic mass is 10.1. The highest BCUT2D eigenvalue weighted by molar-refractivity contribution is 6.33. The number of carbonyl (C=O) groups excluding carboxylic acids is 1. The normalized spacial score (nSPS) is 13.8. The molecule has 1 amide bonds. The summed E-state index contributed by atoms with van der Waals surface area (Å²) in [5.74, 6) is -0.00867. The van der Waals surface area contributed by atoms with E-state index in [9.17, 15) is 4.79 Å². The van der Waals surface area contributed by atoms with Crippen molar-refractivity contribution in [2.75, 3.05) is 22.5 Å². The number of nitrogen functional groups attached to an aromatic ring is 1. The van der Waals surface area contributed by atoms with Crippen LogP contribution in [0.4, 0.5) is 17.1 Å². The zero-order valence-corrected chi connectivity index (χ0v) is 11.5. The van der Waals surface area contributed by atoms with Crippen molar-refractivity contribution < 1.29 is 4.79 Å². The van der Waals surface area contributed by atoms with Crippen LogP contribution >= 0.6 is 11.6 Å². The number of hydrogen-bond acceptors (Lipinski definition) is 3. The molecular weight excluding hydrogens is 274 g/mol. The van der Waals surface area contributed by atoms with Crippen LogP contribution in [0.15, 0.2) is 42.5 Å². The number of rotatable bonds is 2. The third kappa shape index (κ3) is 2.42. The minimum Gasteiger partial charge on any atom is -0.398 e. The molecule has 5 heteroatoms. The zero-order valence-electron chi connectivity index (χ0n) is 10.8. The molecule has 0 fully saturated rings. The van der Waals surface area contributed by atoms with Crippen LogP contribution in [0.2, 0.25) is 5.02 Å². The fraction of sp³-hybridized carbons (Fsp3) is 0.133. The topological polar surface area (TPSA) is 58.4 Å². The Labute approximate surface area is 122 Å². The SMILES string of the molecule is Nc1cc(CN2CC(=O)Nc3ccccc32)ccc1Cl. The van der Waals surface area contributed by atoms with Crippen LogP contribution in [-0.4, -0.2) is 12.5 Å². The highest BCUT2D eigenvalue weighted by Gasteiger charge is 2.21. The molecule has 0 spiro atoms. The van der Waals surface area contributed by atoms with Gasteiger partial charge in [-0.1, -0.05) is 29.8 Å². The van der Waals surface area contributed by atoms with Crippen LogP contribution in [0, 0.1) is 0 Å². The summed E-state index contributed by atoms with van der Waals surface area (Å²) in [5, 5.41) is 3.42. The number of amides is 1. The summed E-state index contributed by atoms with van der Waals surface area (Å²) in [5.41, 5.74) is 9.25. The maximum absolute atomic E-state index is 11.7. The molecule has 1 aliphatic rings. The maximum atomic E-state index is 11.7. The minimum absolute atomic E-state index is 0.00867. The summed E-state index contributed by atoms with van der Waals surface area (Å²) < 4.78 is 0. The lowest BCUT2D eigenvalue weighted by Gasteiger charge is -2.31. The quantitative estimate of drug-likeness (QED) is 0.835. The van der Waals surface area contributed by atoms with Crippen LogP contribution in [0.3, 0.4) is 0 Å². The van der Waals surface area contributed by atoms with E-state index in [1.165, 1.54) is 0 Å². The summed E-state index contributed by atoms with van der Waals surface area (Å²) in [6.45, 7) is 0.950. The Hall–Kier alpha value is -2.20. The van der Waals surface area contributed by atoms with Gasteiger partial charge in [-0.05, 0) is 29.8 Å². The van der Waals surface area contributed by atoms with Gasteiger partial charge >= 0.3 is 0 Å². The second kappa shape index (κ2) is 5.06. The minimum atomic E-state index is -0.00867. The van der Waals surface area contributed by atoms with Gasteiger partial charge in [-0.15, -0.1) is 0 Å². The van der Waals surface area contributed by atoms with Crippen LogP contribution in [0.1, 0.15) is 5.56 Å². The third-order valence-corrected chi connectivity index (χ3v) is 3.63. The molecule has 4 nitrogen and oxygen atoms in total. The van der Waals surface area contributed by atoms with E-state index in [2.05, 4.69) is 5.32 Å². The summed E-state index contributed by atoms with van der Waals surface area (Å²) in [6.07, 6.45) is 0. The van der Waals surface area contributed by atoms with Gasteiger partial charge < -0.3 is 16.0 Å². The lowest BCUT2D eigenvalue weighted by Crippen LogP contribution is -2.37. The molecule has 3 rings (SSSR count). The second-order valence-corrected chi connectivity index (χ2v) is 5.18. The number of benzene rings is 2. The van der Waals surface area contributed by atoms with Crippen LogP contribution < -0.4 is 16.0 Å². The molecule has 1 heterocycles. The molecule has 0 bridgehead atoms. The molecule has 0 saturated carbocycles. The van der Waals surface area contributed by atoms with Crippen LogP contribution in [0.25, 0.3) is 0 Å². The Morgan fingerprint density at radius 1 is 1.25 bits per heavy atom. The highest BCUT2D eigenvalue weighted by atomic mass is 35.5. The average molecular weight is 288 g/mol. The molecular formula is C15H14ClN3O. The van der Waals surface area contributed by atoms with Crippen molar-refractivity contribution in [2.45, 2.75) is 6.54 Å². The summed E-state index contributed by atoms with van der Waals surface area (Å²) >= 11 is 5.92. The van der Waals surface area contributed by atoms with E-state index in [4.69, 9.17) is 17.3 Å². The second-order valence-electron chi connectivity index (χ2n) is 4.78. The Balaban J connectivity index is 1.90. The van der Waals surface area contributed by atoms with Crippen LogP contribution in [-0.2, 0) is 11.3 Å². The molecule has 2 aromatic rings. The van der Waals surface area contributed by atoms with Crippen molar-refractivity contribution in [1.82, 2.24) is 0 Å². The van der Waals surface area contributed by atoms with E-state index >= 15 is 0 Å². The van der Waals surface area contributed by atoms with Gasteiger partial charge in [-0.3, -0.25) is 4.79 Å². The molecule has 3 N–H and O–H groups in total. The Bertz CT molecular complexity index is 672. The van der Waals surface area contributed by atoms with Crippen molar-refractivity contribution >= 4 is 34.6 Å². The van der Waals surface area contributed by atoms with Gasteiger partial charge in [0, 0.05) is 6.54 Å². The van der Waals surface area contributed by atoms with Crippen molar-refractivity contribution in [3.8, 4) is 0 Å². The number of anilines is 3. The van der Waals surface area contributed by atoms with Crippen molar-refractivity contribution in [2.24, 2.45) is 0 Å². The monoisotopic (exact) mass is 287 g/mol. The molecule has 0 atom stereocenters. The lowest BCUT2D eigenvalue weighted by molar-refractivity contribution is -0.115. The molecule has 0 unspecified atom stereocenters. The van der Waals surface area contributed by atoms with Gasteiger partial charge in [0.2, 0.25) is 5.91 Å². The Morgan fingerprint density at radius 3 is 2.85 bits per heavy atom. The van der Waals surface area contributed by atoms with E-state index in [-0.39, 0.29) is 5.91 Å². The van der Waals surface area contributed by atoms with E-state index in [0.717, 1.165) is 16.9 Å². The van der Waals surface area contributed by atoms with Crippen molar-refractivity contribution in [3.63, 3.8) is 0 Å². The first-order valence-corrected chi connectivity index (χ1v) is 6.69. The summed E-state index contributed by atoms with van der Waals surface area (Å²) in [4.78, 5) is 13.8. The van der Waals surface area contributed by atoms with E-state index < -0.39 is 0 Å². The molecule has 0 aromatic heterocycles. The zero-order chi connectivity index (χ0) is 14.1. The number of carbonyl (C=O) groups is 1. The fourth-order valence-electron chi connectivity index (χ4n) is 2.36. The Kier molecular flexibility index (Phi) is 3.24. The summed E-state index contributed by atoms with van der Waals surface area (Å²) in [7, 11) is 0. The first kappa shape index (κ1) is 12.8. The maximum Gasteiger partial charge on any atom is 0.243 e. The molecule has 2 aromatic carbocycles. The molecule has 1 aliphatic heterocycles. The molecule has 0 aliphatic carbocycles. The third-order valence-electron chi connectivity index (χ3n) is 3.29. The molecule has 20 heavy (non-hydrogen) atoms. The number of fused-ring (bicyclic) bond motifs is 1. The first-order valence-electron chi connectivity index (χ1n) is 6.31. The van der Waals surface area contributed by atoms with Crippen LogP contribution in [0.5, 0.6) is 0 Å². The number of para-hydroxylation sites is 2. The first-order chi connectivity index (χ1) is 9.63. The predicted octanol–water partition coefficient (Wildman–Crippen LogP) is 2.88. The van der Waals surface area contributed by atoms with Gasteiger partial charge in [0.05, 0.1) is 28.6 Å². The van der Waals surface area contributed by atoms with E-state index in [1.807, 2.05) is 41.3 Å². The van der Waals surface area contributed by atoms with Crippen molar-refractivity contribution in [1.29, 1.82) is 0 Å². The molecule has 102 valence electrons. The number of hydrogen-bond donors (Lipinski definition) is 2. The van der Waals surface area contributed by atoms with Gasteiger partial charge in [-0.25, -0.2) is 0 Å². The fourth-order valence-corrected chi connectivity index (χ4v) is 2.47. The average Bonchev–Trinajstić information content (AvgIpc) is 2.43. The smallest absolute Gasteiger partial charge is 0.243 e. The summed E-state index contributed by atoms with van der Waals surface area (Å²) in [6, 6.07) is 13.3. The van der Waals surface area contributed by atoms with E-state index in [1.54, 1.807) is 6.07 Å². The standard InChI is InChI=1S/C15H14ClN3O/c16-11-6-5-10(7-12(11)17)8-19-9-15(20)18-13-3-1-2-4-14(13)19/h1-7H,8-9,17H2,(H,18,20). The van der Waals surface area contributed by atoms with E-state index in [0.29, 0.717) is 23.8 Å². The molecule has 0 saturated heterocycles. The van der Waals surface area contributed by atoms with Gasteiger partial charge in [-0.2, -0.15) is 0 Å². The van der Waals surface area contributed by atoms with Gasteiger partial charge in [0.1, 0.15) is 0 Å². The number of halogens is 1. The predicted molar refractivity (Wildman–Crippen MR) is 82.0 cm³/mol. The Morgan fingerprint density at radius 2 is 2.05 bits per heavy atom. The number of nitrogens with one attached hydrogen (secondary N) is 1.